The van der Waals surface area contributed by atoms with Crippen LogP contribution in [-0.4, -0.2) is 56.2 Å². The van der Waals surface area contributed by atoms with Gasteiger partial charge < -0.3 is 18.9 Å². The van der Waals surface area contributed by atoms with Crippen molar-refractivity contribution in [3.05, 3.63) is 83.4 Å². The number of rotatable bonds is 5. The molecule has 0 spiro atoms. The number of benzene rings is 2. The third-order valence-electron chi connectivity index (χ3n) is 5.89. The maximum absolute atomic E-state index is 6.30. The van der Waals surface area contributed by atoms with Gasteiger partial charge in [-0.3, -0.25) is 4.84 Å². The van der Waals surface area contributed by atoms with E-state index in [1.165, 1.54) is 0 Å². The van der Waals surface area contributed by atoms with E-state index in [4.69, 9.17) is 23.8 Å². The molecule has 0 bridgehead atoms. The molecule has 0 radical (unpaired) electrons. The Bertz CT molecular complexity index is 1010. The van der Waals surface area contributed by atoms with Gasteiger partial charge in [-0.05, 0) is 37.6 Å². The van der Waals surface area contributed by atoms with Gasteiger partial charge in [-0.1, -0.05) is 60.4 Å². The van der Waals surface area contributed by atoms with Gasteiger partial charge in [-0.2, -0.15) is 5.06 Å². The van der Waals surface area contributed by atoms with E-state index < -0.39 is 17.6 Å². The molecule has 2 atom stereocenters. The molecule has 2 aromatic carbocycles. The third kappa shape index (κ3) is 5.20. The summed E-state index contributed by atoms with van der Waals surface area (Å²) >= 11 is 0. The van der Waals surface area contributed by atoms with E-state index in [0.717, 1.165) is 11.1 Å². The van der Waals surface area contributed by atoms with Gasteiger partial charge in [0, 0.05) is 26.3 Å². The van der Waals surface area contributed by atoms with Gasteiger partial charge >= 0.3 is 0 Å². The van der Waals surface area contributed by atoms with Gasteiger partial charge in [0.15, 0.2) is 5.79 Å². The predicted molar refractivity (Wildman–Crippen MR) is 125 cm³/mol. The molecule has 1 fully saturated rings. The average molecular weight is 450 g/mol. The van der Waals surface area contributed by atoms with Crippen molar-refractivity contribution in [2.24, 2.45) is 0 Å². The minimum atomic E-state index is -1.22. The predicted octanol–water partition coefficient (Wildman–Crippen LogP) is 3.92. The van der Waals surface area contributed by atoms with Crippen molar-refractivity contribution in [3.8, 4) is 11.8 Å². The molecule has 0 aliphatic carbocycles. The average Bonchev–Trinajstić information content (AvgIpc) is 3.11. The van der Waals surface area contributed by atoms with Crippen LogP contribution < -0.4 is 0 Å². The second kappa shape index (κ2) is 10.2. The van der Waals surface area contributed by atoms with Gasteiger partial charge in [0.1, 0.15) is 12.1 Å². The number of ether oxygens (including phenoxy) is 4. The van der Waals surface area contributed by atoms with Gasteiger partial charge in [-0.25, -0.2) is 0 Å². The lowest BCUT2D eigenvalue weighted by atomic mass is 9.92. The number of nitrogens with zero attached hydrogens (tertiary/aromatic N) is 1. The second-order valence-electron chi connectivity index (χ2n) is 8.48. The summed E-state index contributed by atoms with van der Waals surface area (Å²) in [5.74, 6) is 4.58. The molecule has 2 aliphatic rings. The third-order valence-corrected chi connectivity index (χ3v) is 5.89. The summed E-state index contributed by atoms with van der Waals surface area (Å²) in [5, 5.41) is 1.88. The highest BCUT2D eigenvalue weighted by Crippen LogP contribution is 2.39. The normalized spacial score (nSPS) is 24.4. The van der Waals surface area contributed by atoms with Crippen molar-refractivity contribution >= 4 is 0 Å². The molecule has 4 rings (SSSR count). The van der Waals surface area contributed by atoms with E-state index >= 15 is 0 Å². The number of methoxy groups -OCH3 is 2. The zero-order chi connectivity index (χ0) is 23.3. The first-order valence-electron chi connectivity index (χ1n) is 11.1. The SMILES string of the molecule is COC1(OC)C(C#Cc2ccccc2)=CCON(Cc2ccccc2)[C@@H]1[C@H]1COC(C)(C)O1. The van der Waals surface area contributed by atoms with E-state index in [1.807, 2.05) is 73.5 Å². The zero-order valence-electron chi connectivity index (χ0n) is 19.6. The summed E-state index contributed by atoms with van der Waals surface area (Å²) in [5.41, 5.74) is 2.69. The monoisotopic (exact) mass is 449 g/mol. The van der Waals surface area contributed by atoms with Gasteiger partial charge in [0.25, 0.3) is 0 Å². The molecule has 6 nitrogen and oxygen atoms in total. The Morgan fingerprint density at radius 2 is 1.64 bits per heavy atom. The van der Waals surface area contributed by atoms with Gasteiger partial charge in [-0.15, -0.1) is 0 Å². The summed E-state index contributed by atoms with van der Waals surface area (Å²) in [6.07, 6.45) is 1.55. The molecule has 0 N–H and O–H groups in total. The van der Waals surface area contributed by atoms with Crippen LogP contribution in [0, 0.1) is 11.8 Å². The summed E-state index contributed by atoms with van der Waals surface area (Å²) in [4.78, 5) is 6.23. The van der Waals surface area contributed by atoms with Crippen molar-refractivity contribution in [2.75, 3.05) is 27.4 Å². The van der Waals surface area contributed by atoms with Crippen molar-refractivity contribution in [1.29, 1.82) is 0 Å². The Hall–Kier alpha value is -2.50. The molecule has 2 heterocycles. The Kier molecular flexibility index (Phi) is 7.30. The minimum absolute atomic E-state index is 0.327. The molecular weight excluding hydrogens is 418 g/mol. The highest BCUT2D eigenvalue weighted by atomic mass is 16.8. The molecule has 6 heteroatoms. The first kappa shape index (κ1) is 23.7. The summed E-state index contributed by atoms with van der Waals surface area (Å²) in [6.45, 7) is 5.03. The van der Waals surface area contributed by atoms with Crippen LogP contribution in [0.4, 0.5) is 0 Å². The maximum Gasteiger partial charge on any atom is 0.223 e. The lowest BCUT2D eigenvalue weighted by molar-refractivity contribution is -0.301. The number of hydrogen-bond donors (Lipinski definition) is 0. The molecule has 33 heavy (non-hydrogen) atoms. The Labute approximate surface area is 196 Å². The van der Waals surface area contributed by atoms with E-state index in [0.29, 0.717) is 25.3 Å². The van der Waals surface area contributed by atoms with Crippen molar-refractivity contribution in [3.63, 3.8) is 0 Å². The van der Waals surface area contributed by atoms with E-state index in [9.17, 15) is 0 Å². The number of hydroxylamine groups is 2. The van der Waals surface area contributed by atoms with Crippen LogP contribution in [-0.2, 0) is 30.3 Å². The smallest absolute Gasteiger partial charge is 0.223 e. The van der Waals surface area contributed by atoms with Crippen LogP contribution in [0.2, 0.25) is 0 Å². The van der Waals surface area contributed by atoms with E-state index in [1.54, 1.807) is 14.2 Å². The van der Waals surface area contributed by atoms with E-state index in [2.05, 4.69) is 24.0 Å². The first-order chi connectivity index (χ1) is 16.0. The molecular formula is C27H31NO5. The van der Waals surface area contributed by atoms with Crippen LogP contribution in [0.1, 0.15) is 25.0 Å². The standard InChI is InChI=1S/C27H31NO5/c1-26(2)31-20-24(33-26)25-27(29-3,30-4)23(16-15-21-11-7-5-8-12-21)17-18-32-28(25)19-22-13-9-6-10-14-22/h5-14,17,24-25H,18-20H2,1-4H3/t24-,25-/m1/s1. The Balaban J connectivity index is 1.75. The zero-order valence-corrected chi connectivity index (χ0v) is 19.6. The molecule has 0 aromatic heterocycles. The minimum Gasteiger partial charge on any atom is -0.348 e. The Morgan fingerprint density at radius 1 is 0.970 bits per heavy atom. The first-order valence-corrected chi connectivity index (χ1v) is 11.1. The molecule has 1 saturated heterocycles. The summed E-state index contributed by atoms with van der Waals surface area (Å²) in [7, 11) is 3.25. The van der Waals surface area contributed by atoms with Crippen molar-refractivity contribution in [1.82, 2.24) is 5.06 Å². The quantitative estimate of drug-likeness (QED) is 0.509. The highest BCUT2D eigenvalue weighted by molar-refractivity contribution is 5.44. The molecule has 174 valence electrons. The molecule has 2 aromatic rings. The van der Waals surface area contributed by atoms with Crippen LogP contribution in [0.25, 0.3) is 0 Å². The fourth-order valence-corrected chi connectivity index (χ4v) is 4.34. The maximum atomic E-state index is 6.30. The van der Waals surface area contributed by atoms with Crippen LogP contribution >= 0.6 is 0 Å². The van der Waals surface area contributed by atoms with Crippen molar-refractivity contribution in [2.45, 2.75) is 44.1 Å². The molecule has 0 unspecified atom stereocenters. The summed E-state index contributed by atoms with van der Waals surface area (Å²) < 4.78 is 24.5. The highest BCUT2D eigenvalue weighted by Gasteiger charge is 2.55. The lowest BCUT2D eigenvalue weighted by Gasteiger charge is -2.44. The second-order valence-corrected chi connectivity index (χ2v) is 8.48. The molecule has 0 saturated carbocycles. The Morgan fingerprint density at radius 3 is 2.24 bits per heavy atom. The fourth-order valence-electron chi connectivity index (χ4n) is 4.34. The van der Waals surface area contributed by atoms with Gasteiger partial charge in [0.2, 0.25) is 5.79 Å². The van der Waals surface area contributed by atoms with Crippen molar-refractivity contribution < 1.29 is 23.8 Å². The van der Waals surface area contributed by atoms with Crippen LogP contribution in [0.3, 0.4) is 0 Å². The topological polar surface area (TPSA) is 49.4 Å². The summed E-state index contributed by atoms with van der Waals surface area (Å²) in [6, 6.07) is 19.5. The lowest BCUT2D eigenvalue weighted by Crippen LogP contribution is -2.61. The number of hydrogen-bond acceptors (Lipinski definition) is 6. The molecule has 0 amide bonds. The molecule has 2 aliphatic heterocycles. The van der Waals surface area contributed by atoms with Gasteiger partial charge in [0.05, 0.1) is 18.8 Å². The van der Waals surface area contributed by atoms with E-state index in [-0.39, 0.29) is 6.10 Å². The fraction of sp³-hybridized carbons (Fsp3) is 0.407. The van der Waals surface area contributed by atoms with Crippen LogP contribution in [0.15, 0.2) is 72.3 Å². The van der Waals surface area contributed by atoms with Crippen LogP contribution in [0.5, 0.6) is 0 Å². The largest absolute Gasteiger partial charge is 0.348 e.